The SMILES string of the molecule is CN(C)CCNC1CCN(c2ccc(Cl)cc2Cl)C(c2ccc(Cl)cc2)C1. The first-order chi connectivity index (χ1) is 12.9. The Balaban J connectivity index is 1.82. The summed E-state index contributed by atoms with van der Waals surface area (Å²) in [5.41, 5.74) is 2.29. The van der Waals surface area contributed by atoms with Gasteiger partial charge in [0.25, 0.3) is 0 Å². The number of benzene rings is 2. The Labute approximate surface area is 177 Å². The van der Waals surface area contributed by atoms with E-state index in [-0.39, 0.29) is 6.04 Å². The molecule has 0 amide bonds. The number of piperidine rings is 1. The number of likely N-dealkylation sites (N-methyl/N-ethyl adjacent to an activating group) is 1. The lowest BCUT2D eigenvalue weighted by Crippen LogP contribution is -2.46. The highest BCUT2D eigenvalue weighted by molar-refractivity contribution is 6.36. The van der Waals surface area contributed by atoms with Crippen molar-refractivity contribution in [2.45, 2.75) is 24.9 Å². The molecule has 0 aromatic heterocycles. The number of anilines is 1. The zero-order valence-electron chi connectivity index (χ0n) is 15.8. The molecule has 3 nitrogen and oxygen atoms in total. The van der Waals surface area contributed by atoms with Crippen LogP contribution < -0.4 is 10.2 Å². The molecule has 1 fully saturated rings. The summed E-state index contributed by atoms with van der Waals surface area (Å²) in [6.45, 7) is 2.97. The van der Waals surface area contributed by atoms with Gasteiger partial charge in [0, 0.05) is 35.7 Å². The van der Waals surface area contributed by atoms with E-state index in [1.54, 1.807) is 0 Å². The predicted molar refractivity (Wildman–Crippen MR) is 118 cm³/mol. The topological polar surface area (TPSA) is 18.5 Å². The van der Waals surface area contributed by atoms with Crippen molar-refractivity contribution < 1.29 is 0 Å². The van der Waals surface area contributed by atoms with Gasteiger partial charge in [-0.2, -0.15) is 0 Å². The van der Waals surface area contributed by atoms with Crippen LogP contribution in [0.25, 0.3) is 0 Å². The van der Waals surface area contributed by atoms with Crippen molar-refractivity contribution in [2.75, 3.05) is 38.6 Å². The fourth-order valence-corrected chi connectivity index (χ4v) is 4.29. The van der Waals surface area contributed by atoms with Gasteiger partial charge in [0.2, 0.25) is 0 Å². The van der Waals surface area contributed by atoms with Crippen LogP contribution in [0.5, 0.6) is 0 Å². The van der Waals surface area contributed by atoms with Crippen molar-refractivity contribution in [3.8, 4) is 0 Å². The van der Waals surface area contributed by atoms with Crippen LogP contribution in [0.15, 0.2) is 42.5 Å². The Bertz CT molecular complexity index is 749. The van der Waals surface area contributed by atoms with Crippen LogP contribution in [-0.2, 0) is 0 Å². The molecule has 2 atom stereocenters. The number of hydrogen-bond donors (Lipinski definition) is 1. The van der Waals surface area contributed by atoms with Crippen LogP contribution in [0.1, 0.15) is 24.4 Å². The highest BCUT2D eigenvalue weighted by Crippen LogP contribution is 2.39. The average molecular weight is 427 g/mol. The van der Waals surface area contributed by atoms with Crippen LogP contribution >= 0.6 is 34.8 Å². The number of nitrogens with zero attached hydrogens (tertiary/aromatic N) is 2. The van der Waals surface area contributed by atoms with E-state index in [9.17, 15) is 0 Å². The molecule has 2 unspecified atom stereocenters. The first-order valence-corrected chi connectivity index (χ1v) is 10.4. The second-order valence-corrected chi connectivity index (χ2v) is 8.62. The van der Waals surface area contributed by atoms with Crippen LogP contribution in [0, 0.1) is 0 Å². The number of nitrogens with one attached hydrogen (secondary N) is 1. The molecule has 0 saturated carbocycles. The maximum absolute atomic E-state index is 6.53. The van der Waals surface area contributed by atoms with E-state index in [0.717, 1.165) is 43.2 Å². The van der Waals surface area contributed by atoms with Crippen LogP contribution in [-0.4, -0.2) is 44.7 Å². The van der Waals surface area contributed by atoms with Gasteiger partial charge in [-0.25, -0.2) is 0 Å². The molecular formula is C21H26Cl3N3. The van der Waals surface area contributed by atoms with Gasteiger partial charge < -0.3 is 15.1 Å². The quantitative estimate of drug-likeness (QED) is 0.657. The molecule has 6 heteroatoms. The minimum absolute atomic E-state index is 0.242. The summed E-state index contributed by atoms with van der Waals surface area (Å²) in [7, 11) is 4.20. The van der Waals surface area contributed by atoms with Gasteiger partial charge in [0.1, 0.15) is 0 Å². The monoisotopic (exact) mass is 425 g/mol. The molecule has 1 aliphatic heterocycles. The molecule has 2 aromatic rings. The molecule has 0 spiro atoms. The Kier molecular flexibility index (Phi) is 7.29. The third-order valence-electron chi connectivity index (χ3n) is 5.07. The summed E-state index contributed by atoms with van der Waals surface area (Å²) in [5, 5.41) is 5.82. The Morgan fingerprint density at radius 2 is 1.74 bits per heavy atom. The molecule has 1 heterocycles. The van der Waals surface area contributed by atoms with E-state index in [4.69, 9.17) is 34.8 Å². The minimum Gasteiger partial charge on any atom is -0.363 e. The standard InChI is InChI=1S/C21H26Cl3N3/c1-26(2)12-10-25-18-9-11-27(20-8-7-17(23)13-19(20)24)21(14-18)15-3-5-16(22)6-4-15/h3-8,13,18,21,25H,9-12,14H2,1-2H3. The van der Waals surface area contributed by atoms with E-state index < -0.39 is 0 Å². The molecule has 27 heavy (non-hydrogen) atoms. The van der Waals surface area contributed by atoms with Gasteiger partial charge in [-0.3, -0.25) is 0 Å². The number of halogens is 3. The molecule has 2 aromatic carbocycles. The van der Waals surface area contributed by atoms with Gasteiger partial charge in [-0.05, 0) is 62.8 Å². The van der Waals surface area contributed by atoms with Crippen molar-refractivity contribution in [3.05, 3.63) is 63.1 Å². The van der Waals surface area contributed by atoms with E-state index >= 15 is 0 Å². The van der Waals surface area contributed by atoms with Crippen LogP contribution in [0.4, 0.5) is 5.69 Å². The molecular weight excluding hydrogens is 401 g/mol. The summed E-state index contributed by atoms with van der Waals surface area (Å²) in [6, 6.07) is 14.6. The largest absolute Gasteiger partial charge is 0.363 e. The number of hydrogen-bond acceptors (Lipinski definition) is 3. The Hall–Kier alpha value is -0.970. The lowest BCUT2D eigenvalue weighted by Gasteiger charge is -2.42. The maximum atomic E-state index is 6.53. The van der Waals surface area contributed by atoms with Crippen molar-refractivity contribution >= 4 is 40.5 Å². The van der Waals surface area contributed by atoms with E-state index in [1.165, 1.54) is 5.56 Å². The fourth-order valence-electron chi connectivity index (χ4n) is 3.65. The van der Waals surface area contributed by atoms with Gasteiger partial charge >= 0.3 is 0 Å². The zero-order valence-corrected chi connectivity index (χ0v) is 18.0. The summed E-state index contributed by atoms with van der Waals surface area (Å²) in [4.78, 5) is 4.60. The van der Waals surface area contributed by atoms with Crippen molar-refractivity contribution in [2.24, 2.45) is 0 Å². The normalized spacial score (nSPS) is 20.3. The third kappa shape index (κ3) is 5.52. The van der Waals surface area contributed by atoms with Gasteiger partial charge in [-0.15, -0.1) is 0 Å². The first-order valence-electron chi connectivity index (χ1n) is 9.29. The van der Waals surface area contributed by atoms with Crippen molar-refractivity contribution in [3.63, 3.8) is 0 Å². The Morgan fingerprint density at radius 1 is 1.04 bits per heavy atom. The van der Waals surface area contributed by atoms with E-state index in [0.29, 0.717) is 16.1 Å². The zero-order chi connectivity index (χ0) is 19.4. The van der Waals surface area contributed by atoms with Gasteiger partial charge in [-0.1, -0.05) is 46.9 Å². The average Bonchev–Trinajstić information content (AvgIpc) is 2.62. The maximum Gasteiger partial charge on any atom is 0.0654 e. The molecule has 1 aliphatic rings. The summed E-state index contributed by atoms with van der Waals surface area (Å²) in [6.07, 6.45) is 2.10. The second kappa shape index (κ2) is 9.49. The lowest BCUT2D eigenvalue weighted by atomic mass is 9.91. The molecule has 0 radical (unpaired) electrons. The first kappa shape index (κ1) is 20.8. The van der Waals surface area contributed by atoms with Crippen LogP contribution in [0.3, 0.4) is 0 Å². The van der Waals surface area contributed by atoms with Gasteiger partial charge in [0.15, 0.2) is 0 Å². The summed E-state index contributed by atoms with van der Waals surface area (Å²) < 4.78 is 0. The predicted octanol–water partition coefficient (Wildman–Crippen LogP) is 5.51. The number of rotatable bonds is 6. The molecule has 3 rings (SSSR count). The second-order valence-electron chi connectivity index (χ2n) is 7.34. The summed E-state index contributed by atoms with van der Waals surface area (Å²) in [5.74, 6) is 0. The van der Waals surface area contributed by atoms with Crippen LogP contribution in [0.2, 0.25) is 15.1 Å². The Morgan fingerprint density at radius 3 is 2.41 bits per heavy atom. The van der Waals surface area contributed by atoms with Crippen molar-refractivity contribution in [1.29, 1.82) is 0 Å². The highest BCUT2D eigenvalue weighted by atomic mass is 35.5. The highest BCUT2D eigenvalue weighted by Gasteiger charge is 2.30. The molecule has 1 N–H and O–H groups in total. The minimum atomic E-state index is 0.242. The molecule has 146 valence electrons. The lowest BCUT2D eigenvalue weighted by molar-refractivity contribution is 0.333. The van der Waals surface area contributed by atoms with E-state index in [1.807, 2.05) is 30.3 Å². The van der Waals surface area contributed by atoms with Gasteiger partial charge in [0.05, 0.1) is 16.8 Å². The summed E-state index contributed by atoms with van der Waals surface area (Å²) >= 11 is 18.7. The molecule has 1 saturated heterocycles. The molecule has 0 aliphatic carbocycles. The smallest absolute Gasteiger partial charge is 0.0654 e. The van der Waals surface area contributed by atoms with Crippen molar-refractivity contribution in [1.82, 2.24) is 10.2 Å². The van der Waals surface area contributed by atoms with E-state index in [2.05, 4.69) is 41.3 Å². The fraction of sp³-hybridized carbons (Fsp3) is 0.429. The third-order valence-corrected chi connectivity index (χ3v) is 5.86. The molecule has 0 bridgehead atoms.